The highest BCUT2D eigenvalue weighted by Crippen LogP contribution is 2.41. The van der Waals surface area contributed by atoms with Gasteiger partial charge in [-0.05, 0) is 105 Å². The van der Waals surface area contributed by atoms with Gasteiger partial charge in [0.25, 0.3) is 0 Å². The van der Waals surface area contributed by atoms with Gasteiger partial charge in [0.05, 0.1) is 0 Å². The van der Waals surface area contributed by atoms with Crippen molar-refractivity contribution >= 4 is 30.2 Å². The molecule has 0 amide bonds. The Bertz CT molecular complexity index is 1300. The molecule has 0 spiro atoms. The Morgan fingerprint density at radius 1 is 0.590 bits per heavy atom. The first-order chi connectivity index (χ1) is 19.1. The molecule has 210 valence electrons. The van der Waals surface area contributed by atoms with E-state index in [1.807, 2.05) is 0 Å². The smallest absolute Gasteiger partial charge is 0.390 e. The fourth-order valence-electron chi connectivity index (χ4n) is 5.25. The maximum Gasteiger partial charge on any atom is 0.453 e. The SMILES string of the molecule is CCCCc1ccc2op(Oc3c(CCCC)cc(C)cc3CCCC)oc3ccc(CCCC)cc3c2c1. The van der Waals surface area contributed by atoms with Gasteiger partial charge in [-0.3, -0.25) is 0 Å². The lowest BCUT2D eigenvalue weighted by atomic mass is 9.97. The minimum Gasteiger partial charge on any atom is -0.390 e. The summed E-state index contributed by atoms with van der Waals surface area (Å²) >= 11 is 0. The van der Waals surface area contributed by atoms with Crippen LogP contribution in [0.15, 0.2) is 56.9 Å². The summed E-state index contributed by atoms with van der Waals surface area (Å²) in [6, 6.07) is 17.9. The van der Waals surface area contributed by atoms with Crippen LogP contribution in [0.1, 0.15) is 107 Å². The second-order valence-corrected chi connectivity index (χ2v) is 12.0. The van der Waals surface area contributed by atoms with Crippen molar-refractivity contribution < 1.29 is 12.9 Å². The zero-order valence-electron chi connectivity index (χ0n) is 24.8. The summed E-state index contributed by atoms with van der Waals surface area (Å²) in [6.45, 7) is 11.2. The van der Waals surface area contributed by atoms with Crippen LogP contribution in [-0.2, 0) is 25.7 Å². The van der Waals surface area contributed by atoms with Crippen LogP contribution in [0, 0.1) is 6.92 Å². The Morgan fingerprint density at radius 2 is 1.03 bits per heavy atom. The normalized spacial score (nSPS) is 11.4. The monoisotopic (exact) mass is 546 g/mol. The average Bonchev–Trinajstić information content (AvgIpc) is 3.09. The van der Waals surface area contributed by atoms with E-state index in [0.29, 0.717) is 0 Å². The van der Waals surface area contributed by atoms with Crippen molar-refractivity contribution in [1.29, 1.82) is 0 Å². The highest BCUT2D eigenvalue weighted by Gasteiger charge is 2.16. The van der Waals surface area contributed by atoms with Crippen LogP contribution < -0.4 is 4.52 Å². The molecule has 0 unspecified atom stereocenters. The molecule has 3 aromatic carbocycles. The van der Waals surface area contributed by atoms with Gasteiger partial charge in [-0.25, -0.2) is 0 Å². The fourth-order valence-corrected chi connectivity index (χ4v) is 6.39. The van der Waals surface area contributed by atoms with Gasteiger partial charge in [-0.15, -0.1) is 0 Å². The van der Waals surface area contributed by atoms with Crippen LogP contribution in [0.4, 0.5) is 0 Å². The molecule has 0 saturated heterocycles. The van der Waals surface area contributed by atoms with Crippen LogP contribution in [0.5, 0.6) is 5.75 Å². The van der Waals surface area contributed by atoms with Crippen molar-refractivity contribution in [2.24, 2.45) is 0 Å². The van der Waals surface area contributed by atoms with Gasteiger partial charge in [-0.1, -0.05) is 83.2 Å². The van der Waals surface area contributed by atoms with Gasteiger partial charge < -0.3 is 12.9 Å². The number of unbranched alkanes of at least 4 members (excludes halogenated alkanes) is 4. The lowest BCUT2D eigenvalue weighted by Gasteiger charge is -2.15. The maximum absolute atomic E-state index is 6.77. The first kappa shape index (κ1) is 29.3. The van der Waals surface area contributed by atoms with E-state index in [1.165, 1.54) is 53.5 Å². The Morgan fingerprint density at radius 3 is 1.46 bits per heavy atom. The zero-order valence-corrected chi connectivity index (χ0v) is 25.7. The quantitative estimate of drug-likeness (QED) is 0.158. The van der Waals surface area contributed by atoms with Crippen molar-refractivity contribution in [3.63, 3.8) is 0 Å². The molecule has 4 heteroatoms. The number of hydrogen-bond acceptors (Lipinski definition) is 3. The van der Waals surface area contributed by atoms with Crippen molar-refractivity contribution in [2.45, 2.75) is 112 Å². The van der Waals surface area contributed by atoms with Crippen LogP contribution in [-0.4, -0.2) is 0 Å². The summed E-state index contributed by atoms with van der Waals surface area (Å²) in [4.78, 5) is 0. The molecule has 4 aromatic rings. The topological polar surface area (TPSA) is 35.5 Å². The average molecular weight is 547 g/mol. The lowest BCUT2D eigenvalue weighted by Crippen LogP contribution is -1.98. The molecule has 0 bridgehead atoms. The standard InChI is InChI=1S/C35H47O3P/c1-6-10-14-27-18-20-33-31(24-27)32-25-28(15-11-7-2)19-21-34(32)37-39(36-33)38-35-29(16-12-8-3)22-26(5)23-30(35)17-13-9-4/h18-25H,6-17H2,1-5H3. The molecule has 0 aliphatic heterocycles. The third-order valence-corrected chi connectivity index (χ3v) is 8.54. The summed E-state index contributed by atoms with van der Waals surface area (Å²) in [5.74, 6) is 0.970. The second kappa shape index (κ2) is 14.7. The Kier molecular flexibility index (Phi) is 11.0. The van der Waals surface area contributed by atoms with Gasteiger partial charge in [0.2, 0.25) is 0 Å². The van der Waals surface area contributed by atoms with Gasteiger partial charge in [0, 0.05) is 10.8 Å². The number of benzene rings is 3. The van der Waals surface area contributed by atoms with Crippen LogP contribution in [0.25, 0.3) is 21.9 Å². The van der Waals surface area contributed by atoms with Crippen molar-refractivity contribution in [3.05, 3.63) is 76.3 Å². The van der Waals surface area contributed by atoms with Gasteiger partial charge in [0.1, 0.15) is 16.9 Å². The molecular weight excluding hydrogens is 499 g/mol. The van der Waals surface area contributed by atoms with E-state index in [9.17, 15) is 0 Å². The number of rotatable bonds is 14. The molecule has 39 heavy (non-hydrogen) atoms. The van der Waals surface area contributed by atoms with Crippen molar-refractivity contribution in [1.82, 2.24) is 0 Å². The molecule has 0 fully saturated rings. The van der Waals surface area contributed by atoms with E-state index in [2.05, 4.69) is 83.1 Å². The van der Waals surface area contributed by atoms with E-state index in [-0.39, 0.29) is 0 Å². The third-order valence-electron chi connectivity index (χ3n) is 7.51. The Balaban J connectivity index is 1.88. The molecule has 0 N–H and O–H groups in total. The predicted octanol–water partition coefficient (Wildman–Crippen LogP) is 11.8. The highest BCUT2D eigenvalue weighted by atomic mass is 31.1. The van der Waals surface area contributed by atoms with Crippen molar-refractivity contribution in [3.8, 4) is 5.75 Å². The molecular formula is C35H47O3P. The number of fused-ring (bicyclic) bond motifs is 3. The molecule has 4 rings (SSSR count). The fraction of sp³-hybridized carbons (Fsp3) is 0.486. The second-order valence-electron chi connectivity index (χ2n) is 11.0. The number of hydrogen-bond donors (Lipinski definition) is 0. The van der Waals surface area contributed by atoms with E-state index in [0.717, 1.165) is 79.1 Å². The molecule has 3 nitrogen and oxygen atoms in total. The summed E-state index contributed by atoms with van der Waals surface area (Å²) in [5.41, 5.74) is 8.23. The molecule has 1 heterocycles. The summed E-state index contributed by atoms with van der Waals surface area (Å²) in [5, 5.41) is 2.23. The zero-order chi connectivity index (χ0) is 27.6. The Labute approximate surface area is 236 Å². The van der Waals surface area contributed by atoms with E-state index >= 15 is 0 Å². The van der Waals surface area contributed by atoms with Crippen molar-refractivity contribution in [2.75, 3.05) is 0 Å². The van der Waals surface area contributed by atoms with E-state index < -0.39 is 8.24 Å². The molecule has 0 atom stereocenters. The summed E-state index contributed by atoms with van der Waals surface area (Å²) in [6.07, 6.45) is 13.5. The third kappa shape index (κ3) is 7.73. The van der Waals surface area contributed by atoms with Gasteiger partial charge >= 0.3 is 8.24 Å². The summed E-state index contributed by atoms with van der Waals surface area (Å²) in [7, 11) is -1.66. The molecule has 0 saturated carbocycles. The lowest BCUT2D eigenvalue weighted by molar-refractivity contribution is 0.488. The van der Waals surface area contributed by atoms with Crippen LogP contribution in [0.3, 0.4) is 0 Å². The van der Waals surface area contributed by atoms with E-state index in [4.69, 9.17) is 12.9 Å². The minimum absolute atomic E-state index is 0.852. The Hall–Kier alpha value is -2.64. The van der Waals surface area contributed by atoms with Crippen LogP contribution in [0.2, 0.25) is 0 Å². The maximum atomic E-state index is 6.77. The minimum atomic E-state index is -1.66. The molecule has 1 aromatic heterocycles. The summed E-state index contributed by atoms with van der Waals surface area (Å²) < 4.78 is 20.0. The molecule has 0 radical (unpaired) electrons. The van der Waals surface area contributed by atoms with E-state index in [1.54, 1.807) is 0 Å². The first-order valence-corrected chi connectivity index (χ1v) is 16.4. The number of aryl methyl sites for hydroxylation is 5. The largest absolute Gasteiger partial charge is 0.453 e. The molecule has 0 aliphatic rings. The predicted molar refractivity (Wildman–Crippen MR) is 168 cm³/mol. The first-order valence-electron chi connectivity index (χ1n) is 15.3. The molecule has 0 aliphatic carbocycles. The van der Waals surface area contributed by atoms with Gasteiger partial charge in [0.15, 0.2) is 0 Å². The highest BCUT2D eigenvalue weighted by molar-refractivity contribution is 7.32. The van der Waals surface area contributed by atoms with Gasteiger partial charge in [-0.2, -0.15) is 0 Å². The van der Waals surface area contributed by atoms with Crippen LogP contribution >= 0.6 is 8.24 Å².